The Kier molecular flexibility index (Phi) is 5.38. The molecule has 0 saturated heterocycles. The summed E-state index contributed by atoms with van der Waals surface area (Å²) in [5.74, 6) is -0.546. The fraction of sp³-hybridized carbons (Fsp3) is 0.381. The second-order valence-electron chi connectivity index (χ2n) is 8.00. The number of benzene rings is 1. The number of thiophene rings is 1. The topological polar surface area (TPSA) is 42.2 Å². The van der Waals surface area contributed by atoms with Crippen LogP contribution in [0, 0.1) is 12.7 Å². The fourth-order valence-electron chi connectivity index (χ4n) is 3.83. The van der Waals surface area contributed by atoms with E-state index in [4.69, 9.17) is 0 Å². The summed E-state index contributed by atoms with van der Waals surface area (Å²) in [5.41, 5.74) is -3.49. The Morgan fingerprint density at radius 1 is 1.14 bits per heavy atom. The molecule has 1 unspecified atom stereocenters. The van der Waals surface area contributed by atoms with Gasteiger partial charge in [-0.1, -0.05) is 19.9 Å². The normalized spacial score (nSPS) is 14.9. The van der Waals surface area contributed by atoms with Crippen LogP contribution < -0.4 is 5.43 Å². The third-order valence-corrected chi connectivity index (χ3v) is 6.15. The second kappa shape index (κ2) is 7.25. The second-order valence-corrected chi connectivity index (χ2v) is 8.89. The standard InChI is InChI=1S/C21H21F4NO2S/c1-13-4-5-14(22)10-16(13)19(2,3)11-20(28,21(23,24)25)12-26-8-6-17(27)15-7-9-29-18(15)26/h4-10,28H,11-12H2,1-3H3. The van der Waals surface area contributed by atoms with E-state index in [0.717, 1.165) is 11.3 Å². The van der Waals surface area contributed by atoms with E-state index in [2.05, 4.69) is 0 Å². The number of aromatic nitrogens is 1. The van der Waals surface area contributed by atoms with Gasteiger partial charge in [0.1, 0.15) is 10.6 Å². The number of hydrogen-bond donors (Lipinski definition) is 1. The molecular weight excluding hydrogens is 406 g/mol. The summed E-state index contributed by atoms with van der Waals surface area (Å²) in [6.45, 7) is 4.03. The lowest BCUT2D eigenvalue weighted by Gasteiger charge is -2.39. The first kappa shape index (κ1) is 21.5. The van der Waals surface area contributed by atoms with Crippen molar-refractivity contribution in [2.24, 2.45) is 0 Å². The van der Waals surface area contributed by atoms with Gasteiger partial charge in [-0.15, -0.1) is 11.3 Å². The number of aryl methyl sites for hydroxylation is 1. The summed E-state index contributed by atoms with van der Waals surface area (Å²) >= 11 is 1.13. The van der Waals surface area contributed by atoms with Crippen molar-refractivity contribution in [1.82, 2.24) is 4.57 Å². The number of rotatable bonds is 5. The van der Waals surface area contributed by atoms with Gasteiger partial charge in [0.25, 0.3) is 0 Å². The van der Waals surface area contributed by atoms with Crippen LogP contribution in [0.25, 0.3) is 10.2 Å². The highest BCUT2D eigenvalue weighted by Crippen LogP contribution is 2.43. The summed E-state index contributed by atoms with van der Waals surface area (Å²) < 4.78 is 57.1. The highest BCUT2D eigenvalue weighted by atomic mass is 32.1. The monoisotopic (exact) mass is 427 g/mol. The van der Waals surface area contributed by atoms with Gasteiger partial charge in [0.2, 0.25) is 0 Å². The molecule has 0 bridgehead atoms. The summed E-state index contributed by atoms with van der Waals surface area (Å²) in [5, 5.41) is 12.7. The average molecular weight is 427 g/mol. The Morgan fingerprint density at radius 2 is 1.83 bits per heavy atom. The number of aliphatic hydroxyl groups is 1. The first-order valence-corrected chi connectivity index (χ1v) is 9.84. The third kappa shape index (κ3) is 4.09. The van der Waals surface area contributed by atoms with E-state index in [0.29, 0.717) is 21.3 Å². The van der Waals surface area contributed by atoms with Crippen molar-refractivity contribution in [2.75, 3.05) is 0 Å². The molecule has 0 aliphatic rings. The van der Waals surface area contributed by atoms with Crippen LogP contribution >= 0.6 is 11.3 Å². The van der Waals surface area contributed by atoms with Crippen LogP contribution in [-0.4, -0.2) is 21.5 Å². The quantitative estimate of drug-likeness (QED) is 0.571. The highest BCUT2D eigenvalue weighted by Gasteiger charge is 2.56. The van der Waals surface area contributed by atoms with Gasteiger partial charge in [0.05, 0.1) is 11.9 Å². The first-order valence-electron chi connectivity index (χ1n) is 8.96. The SMILES string of the molecule is Cc1ccc(F)cc1C(C)(C)CC(O)(Cn1ccc(=O)c2ccsc21)C(F)(F)F. The molecule has 1 atom stereocenters. The maximum atomic E-state index is 14.0. The number of nitrogens with zero attached hydrogens (tertiary/aromatic N) is 1. The third-order valence-electron chi connectivity index (χ3n) is 5.20. The minimum atomic E-state index is -4.93. The van der Waals surface area contributed by atoms with Crippen molar-refractivity contribution in [3.8, 4) is 0 Å². The number of hydrogen-bond acceptors (Lipinski definition) is 3. The van der Waals surface area contributed by atoms with Crippen LogP contribution in [0.1, 0.15) is 31.4 Å². The molecule has 0 saturated carbocycles. The maximum Gasteiger partial charge on any atom is 0.418 e. The maximum absolute atomic E-state index is 14.0. The first-order chi connectivity index (χ1) is 13.3. The van der Waals surface area contributed by atoms with Crippen LogP contribution in [0.4, 0.5) is 17.6 Å². The van der Waals surface area contributed by atoms with Gasteiger partial charge < -0.3 is 9.67 Å². The fourth-order valence-corrected chi connectivity index (χ4v) is 4.72. The largest absolute Gasteiger partial charge is 0.418 e. The van der Waals surface area contributed by atoms with E-state index in [1.807, 2.05) is 0 Å². The van der Waals surface area contributed by atoms with E-state index in [9.17, 15) is 27.5 Å². The van der Waals surface area contributed by atoms with Crippen molar-refractivity contribution >= 4 is 21.6 Å². The summed E-state index contributed by atoms with van der Waals surface area (Å²) in [6, 6.07) is 6.71. The van der Waals surface area contributed by atoms with Gasteiger partial charge in [-0.3, -0.25) is 4.79 Å². The van der Waals surface area contributed by atoms with Crippen molar-refractivity contribution in [1.29, 1.82) is 0 Å². The van der Waals surface area contributed by atoms with Crippen LogP contribution in [0.15, 0.2) is 46.7 Å². The lowest BCUT2D eigenvalue weighted by atomic mass is 9.73. The molecule has 3 aromatic rings. The van der Waals surface area contributed by atoms with E-state index in [1.165, 1.54) is 35.0 Å². The number of pyridine rings is 1. The molecule has 3 rings (SSSR count). The van der Waals surface area contributed by atoms with Crippen molar-refractivity contribution in [3.63, 3.8) is 0 Å². The molecule has 8 heteroatoms. The van der Waals surface area contributed by atoms with Crippen LogP contribution in [0.5, 0.6) is 0 Å². The lowest BCUT2D eigenvalue weighted by Crippen LogP contribution is -2.52. The summed E-state index contributed by atoms with van der Waals surface area (Å²) in [6.07, 6.45) is -4.34. The van der Waals surface area contributed by atoms with Crippen LogP contribution in [0.2, 0.25) is 0 Å². The number of alkyl halides is 3. The van der Waals surface area contributed by atoms with E-state index >= 15 is 0 Å². The molecule has 2 aromatic heterocycles. The predicted octanol–water partition coefficient (Wildman–Crippen LogP) is 5.17. The molecule has 0 fully saturated rings. The van der Waals surface area contributed by atoms with Crippen LogP contribution in [0.3, 0.4) is 0 Å². The molecule has 0 amide bonds. The average Bonchev–Trinajstić information content (AvgIpc) is 3.09. The van der Waals surface area contributed by atoms with Crippen molar-refractivity contribution in [3.05, 3.63) is 69.1 Å². The van der Waals surface area contributed by atoms with E-state index in [1.54, 1.807) is 32.2 Å². The van der Waals surface area contributed by atoms with Gasteiger partial charge in [-0.2, -0.15) is 13.2 Å². The molecule has 2 heterocycles. The molecule has 1 aromatic carbocycles. The number of fused-ring (bicyclic) bond motifs is 1. The summed E-state index contributed by atoms with van der Waals surface area (Å²) in [4.78, 5) is 12.3. The zero-order valence-corrected chi connectivity index (χ0v) is 17.0. The molecule has 0 radical (unpaired) electrons. The minimum absolute atomic E-state index is 0.288. The Labute approximate surface area is 169 Å². The van der Waals surface area contributed by atoms with Gasteiger partial charge in [0.15, 0.2) is 11.0 Å². The number of halogens is 4. The molecule has 1 N–H and O–H groups in total. The molecule has 3 nitrogen and oxygen atoms in total. The Hall–Kier alpha value is -2.19. The molecule has 0 aliphatic carbocycles. The molecular formula is C21H21F4NO2S. The van der Waals surface area contributed by atoms with E-state index < -0.39 is 36.0 Å². The van der Waals surface area contributed by atoms with Crippen molar-refractivity contribution in [2.45, 2.75) is 50.9 Å². The Bertz CT molecular complexity index is 1100. The zero-order valence-electron chi connectivity index (χ0n) is 16.2. The van der Waals surface area contributed by atoms with Gasteiger partial charge in [-0.05, 0) is 53.5 Å². The molecule has 0 aliphatic heterocycles. The minimum Gasteiger partial charge on any atom is -0.379 e. The highest BCUT2D eigenvalue weighted by molar-refractivity contribution is 7.16. The van der Waals surface area contributed by atoms with E-state index in [-0.39, 0.29) is 5.43 Å². The Balaban J connectivity index is 2.05. The zero-order chi connectivity index (χ0) is 21.6. The predicted molar refractivity (Wildman–Crippen MR) is 106 cm³/mol. The molecule has 29 heavy (non-hydrogen) atoms. The lowest BCUT2D eigenvalue weighted by molar-refractivity contribution is -0.271. The van der Waals surface area contributed by atoms with Gasteiger partial charge in [0, 0.05) is 12.3 Å². The van der Waals surface area contributed by atoms with Gasteiger partial charge in [-0.25, -0.2) is 4.39 Å². The smallest absolute Gasteiger partial charge is 0.379 e. The van der Waals surface area contributed by atoms with Crippen molar-refractivity contribution < 1.29 is 22.7 Å². The summed E-state index contributed by atoms with van der Waals surface area (Å²) in [7, 11) is 0. The van der Waals surface area contributed by atoms with Gasteiger partial charge >= 0.3 is 6.18 Å². The van der Waals surface area contributed by atoms with Crippen LogP contribution in [-0.2, 0) is 12.0 Å². The molecule has 156 valence electrons. The Morgan fingerprint density at radius 3 is 2.48 bits per heavy atom. The molecule has 0 spiro atoms.